The molecule has 0 fully saturated rings. The number of nitrogens with zero attached hydrogens (tertiary/aromatic N) is 3. The third kappa shape index (κ3) is 3.68. The minimum absolute atomic E-state index is 0.466. The van der Waals surface area contributed by atoms with Crippen LogP contribution in [0.3, 0.4) is 0 Å². The molecule has 0 saturated heterocycles. The molecule has 3 aromatic heterocycles. The summed E-state index contributed by atoms with van der Waals surface area (Å²) in [6, 6.07) is 10.9. The number of ether oxygens (including phenoxy) is 1. The number of pyridine rings is 3. The van der Waals surface area contributed by atoms with E-state index in [0.29, 0.717) is 23.7 Å². The predicted octanol–water partition coefficient (Wildman–Crippen LogP) is 3.21. The molecule has 3 heterocycles. The Balaban J connectivity index is 1.79. The summed E-state index contributed by atoms with van der Waals surface area (Å²) >= 11 is 0. The van der Waals surface area contributed by atoms with E-state index in [-0.39, 0.29) is 0 Å². The largest absolute Gasteiger partial charge is 0.456 e. The van der Waals surface area contributed by atoms with Crippen molar-refractivity contribution in [3.8, 4) is 22.8 Å². The Hall–Kier alpha value is -3.28. The van der Waals surface area contributed by atoms with Crippen LogP contribution in [-0.2, 0) is 4.79 Å². The molecule has 1 amide bonds. The van der Waals surface area contributed by atoms with E-state index >= 15 is 0 Å². The van der Waals surface area contributed by atoms with E-state index in [4.69, 9.17) is 4.74 Å². The lowest BCUT2D eigenvalue weighted by Crippen LogP contribution is -1.96. The van der Waals surface area contributed by atoms with Crippen molar-refractivity contribution in [2.24, 2.45) is 0 Å². The summed E-state index contributed by atoms with van der Waals surface area (Å²) in [4.78, 5) is 23.0. The van der Waals surface area contributed by atoms with Crippen LogP contribution >= 0.6 is 0 Å². The quantitative estimate of drug-likeness (QED) is 0.732. The molecule has 0 aliphatic rings. The summed E-state index contributed by atoms with van der Waals surface area (Å²) in [6.45, 7) is 1.94. The Bertz CT molecular complexity index is 802. The number of hydrogen-bond donors (Lipinski definition) is 1. The zero-order chi connectivity index (χ0) is 16.1. The fourth-order valence-corrected chi connectivity index (χ4v) is 1.97. The second kappa shape index (κ2) is 6.65. The fourth-order valence-electron chi connectivity index (χ4n) is 1.97. The van der Waals surface area contributed by atoms with Crippen molar-refractivity contribution in [1.82, 2.24) is 15.0 Å². The van der Waals surface area contributed by atoms with Crippen LogP contribution in [0.15, 0.2) is 55.0 Å². The highest BCUT2D eigenvalue weighted by atomic mass is 16.5. The van der Waals surface area contributed by atoms with Crippen LogP contribution in [0.2, 0.25) is 0 Å². The molecule has 0 atom stereocenters. The summed E-state index contributed by atoms with van der Waals surface area (Å²) in [7, 11) is 0. The molecule has 23 heavy (non-hydrogen) atoms. The third-order valence-corrected chi connectivity index (χ3v) is 3.12. The summed E-state index contributed by atoms with van der Waals surface area (Å²) in [6.07, 6.45) is 5.58. The van der Waals surface area contributed by atoms with Gasteiger partial charge in [0.2, 0.25) is 6.41 Å². The molecule has 0 aliphatic carbocycles. The van der Waals surface area contributed by atoms with Gasteiger partial charge in [-0.15, -0.1) is 0 Å². The monoisotopic (exact) mass is 306 g/mol. The first-order valence-corrected chi connectivity index (χ1v) is 6.98. The predicted molar refractivity (Wildman–Crippen MR) is 86.2 cm³/mol. The van der Waals surface area contributed by atoms with Gasteiger partial charge < -0.3 is 10.1 Å². The summed E-state index contributed by atoms with van der Waals surface area (Å²) in [5.41, 5.74) is 2.66. The molecule has 1 N–H and O–H groups in total. The summed E-state index contributed by atoms with van der Waals surface area (Å²) < 4.78 is 5.76. The number of aromatic nitrogens is 3. The van der Waals surface area contributed by atoms with Crippen LogP contribution in [0.4, 0.5) is 5.82 Å². The third-order valence-electron chi connectivity index (χ3n) is 3.12. The van der Waals surface area contributed by atoms with Gasteiger partial charge in [-0.3, -0.25) is 14.8 Å². The number of carbonyl (C=O) groups is 1. The van der Waals surface area contributed by atoms with Crippen LogP contribution in [0.1, 0.15) is 5.69 Å². The number of rotatable bonds is 5. The highest BCUT2D eigenvalue weighted by Gasteiger charge is 2.04. The Morgan fingerprint density at radius 1 is 1.00 bits per heavy atom. The van der Waals surface area contributed by atoms with Crippen molar-refractivity contribution in [3.63, 3.8) is 0 Å². The first kappa shape index (κ1) is 14.6. The number of anilines is 1. The van der Waals surface area contributed by atoms with E-state index in [2.05, 4.69) is 20.3 Å². The average Bonchev–Trinajstić information content (AvgIpc) is 2.58. The number of aryl methyl sites for hydroxylation is 1. The van der Waals surface area contributed by atoms with E-state index in [0.717, 1.165) is 17.0 Å². The second-order valence-electron chi connectivity index (χ2n) is 4.81. The van der Waals surface area contributed by atoms with E-state index in [1.165, 1.54) is 0 Å². The van der Waals surface area contributed by atoms with Gasteiger partial charge in [-0.1, -0.05) is 0 Å². The molecule has 0 radical (unpaired) electrons. The number of amides is 1. The molecular weight excluding hydrogens is 292 g/mol. The maximum atomic E-state index is 10.3. The Morgan fingerprint density at radius 3 is 2.61 bits per heavy atom. The highest BCUT2D eigenvalue weighted by Crippen LogP contribution is 2.25. The number of nitrogens with one attached hydrogen (secondary N) is 1. The van der Waals surface area contributed by atoms with Gasteiger partial charge in [0, 0.05) is 29.7 Å². The normalized spacial score (nSPS) is 10.1. The van der Waals surface area contributed by atoms with Gasteiger partial charge in [0.05, 0.1) is 11.9 Å². The first-order valence-electron chi connectivity index (χ1n) is 6.98. The van der Waals surface area contributed by atoms with Crippen LogP contribution < -0.4 is 10.1 Å². The molecule has 114 valence electrons. The van der Waals surface area contributed by atoms with Gasteiger partial charge in [0.15, 0.2) is 0 Å². The molecule has 0 aliphatic heterocycles. The van der Waals surface area contributed by atoms with Gasteiger partial charge in [-0.05, 0) is 37.3 Å². The first-order chi connectivity index (χ1) is 11.2. The molecule has 6 heteroatoms. The molecule has 3 aromatic rings. The van der Waals surface area contributed by atoms with Gasteiger partial charge >= 0.3 is 0 Å². The Kier molecular flexibility index (Phi) is 4.24. The van der Waals surface area contributed by atoms with Crippen molar-refractivity contribution in [2.45, 2.75) is 6.92 Å². The molecule has 0 unspecified atom stereocenters. The second-order valence-corrected chi connectivity index (χ2v) is 4.81. The zero-order valence-electron chi connectivity index (χ0n) is 12.4. The van der Waals surface area contributed by atoms with Gasteiger partial charge in [0.25, 0.3) is 0 Å². The number of carbonyl (C=O) groups excluding carboxylic acids is 1. The van der Waals surface area contributed by atoms with Crippen LogP contribution in [0.25, 0.3) is 11.3 Å². The Morgan fingerprint density at radius 2 is 1.91 bits per heavy atom. The summed E-state index contributed by atoms with van der Waals surface area (Å²) in [5.74, 6) is 1.68. The van der Waals surface area contributed by atoms with Gasteiger partial charge in [-0.2, -0.15) is 0 Å². The molecule has 0 bridgehead atoms. The maximum absolute atomic E-state index is 10.3. The van der Waals surface area contributed by atoms with Crippen molar-refractivity contribution in [2.75, 3.05) is 5.32 Å². The molecule has 3 rings (SSSR count). The van der Waals surface area contributed by atoms with Crippen LogP contribution in [0.5, 0.6) is 11.5 Å². The highest BCUT2D eigenvalue weighted by molar-refractivity contribution is 5.68. The van der Waals surface area contributed by atoms with E-state index in [1.54, 1.807) is 36.8 Å². The lowest BCUT2D eigenvalue weighted by molar-refractivity contribution is -0.105. The minimum Gasteiger partial charge on any atom is -0.456 e. The average molecular weight is 306 g/mol. The minimum atomic E-state index is 0.466. The van der Waals surface area contributed by atoms with Crippen LogP contribution in [-0.4, -0.2) is 21.4 Å². The van der Waals surface area contributed by atoms with Gasteiger partial charge in [-0.25, -0.2) is 4.98 Å². The fraction of sp³-hybridized carbons (Fsp3) is 0.0588. The van der Waals surface area contributed by atoms with E-state index in [1.807, 2.05) is 25.1 Å². The van der Waals surface area contributed by atoms with Gasteiger partial charge in [0.1, 0.15) is 17.3 Å². The van der Waals surface area contributed by atoms with E-state index in [9.17, 15) is 4.79 Å². The van der Waals surface area contributed by atoms with Crippen LogP contribution in [0, 0.1) is 6.92 Å². The maximum Gasteiger partial charge on any atom is 0.212 e. The SMILES string of the molecule is Cc1ccc(-c2cc(Oc3ccc(NC=O)nc3)ccn2)cn1. The molecule has 0 saturated carbocycles. The van der Waals surface area contributed by atoms with Crippen molar-refractivity contribution < 1.29 is 9.53 Å². The van der Waals surface area contributed by atoms with Crippen molar-refractivity contribution in [1.29, 1.82) is 0 Å². The zero-order valence-corrected chi connectivity index (χ0v) is 12.4. The van der Waals surface area contributed by atoms with E-state index < -0.39 is 0 Å². The number of hydrogen-bond acceptors (Lipinski definition) is 5. The Labute approximate surface area is 133 Å². The molecule has 0 spiro atoms. The molecule has 6 nitrogen and oxygen atoms in total. The smallest absolute Gasteiger partial charge is 0.212 e. The molecular formula is C17H14N4O2. The van der Waals surface area contributed by atoms with Crippen molar-refractivity contribution >= 4 is 12.2 Å². The van der Waals surface area contributed by atoms with Crippen molar-refractivity contribution in [3.05, 3.63) is 60.7 Å². The molecule has 0 aromatic carbocycles. The lowest BCUT2D eigenvalue weighted by Gasteiger charge is -2.07. The lowest BCUT2D eigenvalue weighted by atomic mass is 10.2. The topological polar surface area (TPSA) is 77.0 Å². The standard InChI is InChI=1S/C17H14N4O2/c1-12-2-3-13(9-19-12)16-8-14(6-7-18-16)23-15-4-5-17(20-10-15)21-11-22/h2-11H,1H3,(H,20,21,22). The summed E-state index contributed by atoms with van der Waals surface area (Å²) in [5, 5.41) is 2.47.